The highest BCUT2D eigenvalue weighted by Gasteiger charge is 2.33. The van der Waals surface area contributed by atoms with Gasteiger partial charge in [-0.25, -0.2) is 8.42 Å². The Bertz CT molecular complexity index is 909. The lowest BCUT2D eigenvalue weighted by molar-refractivity contribution is 0.110. The standard InChI is InChI=1S/C22H29NO4S/c1-3-15(2)4-5-18-14-28(26,27)22-11-8-17(12-19(22)13-21(18)24)16-6-9-20(23-25)10-7-16/h6-12,15,18,21,23-25H,3-5,13-14H2,1-2H3. The van der Waals surface area contributed by atoms with Gasteiger partial charge in [-0.3, -0.25) is 10.7 Å². The number of nitrogens with one attached hydrogen (secondary N) is 1. The van der Waals surface area contributed by atoms with Gasteiger partial charge in [0.05, 0.1) is 22.4 Å². The smallest absolute Gasteiger partial charge is 0.179 e. The number of sulfone groups is 1. The maximum Gasteiger partial charge on any atom is 0.179 e. The maximum absolute atomic E-state index is 12.9. The summed E-state index contributed by atoms with van der Waals surface area (Å²) >= 11 is 0. The van der Waals surface area contributed by atoms with Crippen molar-refractivity contribution in [2.45, 2.75) is 50.5 Å². The lowest BCUT2D eigenvalue weighted by Gasteiger charge is -2.21. The molecule has 3 atom stereocenters. The molecule has 0 bridgehead atoms. The number of aliphatic hydroxyl groups excluding tert-OH is 1. The second kappa shape index (κ2) is 8.64. The Labute approximate surface area is 167 Å². The van der Waals surface area contributed by atoms with Gasteiger partial charge in [-0.05, 0) is 65.6 Å². The molecule has 3 unspecified atom stereocenters. The molecule has 3 rings (SSSR count). The van der Waals surface area contributed by atoms with Gasteiger partial charge in [0.1, 0.15) is 0 Å². The molecule has 1 heterocycles. The monoisotopic (exact) mass is 403 g/mol. The van der Waals surface area contributed by atoms with Crippen LogP contribution >= 0.6 is 0 Å². The van der Waals surface area contributed by atoms with E-state index in [1.807, 2.05) is 24.3 Å². The molecule has 2 aromatic carbocycles. The molecule has 0 saturated heterocycles. The summed E-state index contributed by atoms with van der Waals surface area (Å²) in [4.78, 5) is 0.343. The topological polar surface area (TPSA) is 86.6 Å². The van der Waals surface area contributed by atoms with Crippen molar-refractivity contribution in [3.8, 4) is 11.1 Å². The van der Waals surface area contributed by atoms with E-state index in [2.05, 4.69) is 19.3 Å². The zero-order chi connectivity index (χ0) is 20.3. The molecule has 1 aliphatic rings. The first-order chi connectivity index (χ1) is 13.3. The SMILES string of the molecule is CCC(C)CCC1CS(=O)(=O)c2ccc(-c3ccc(NO)cc3)cc2CC1O. The van der Waals surface area contributed by atoms with Crippen LogP contribution in [-0.2, 0) is 16.3 Å². The molecule has 1 aliphatic heterocycles. The third kappa shape index (κ3) is 4.57. The normalized spacial score (nSPS) is 22.1. The Morgan fingerprint density at radius 1 is 1.14 bits per heavy atom. The number of aliphatic hydroxyl groups is 1. The molecule has 0 amide bonds. The third-order valence-corrected chi connectivity index (χ3v) is 7.81. The van der Waals surface area contributed by atoms with Gasteiger partial charge in [0, 0.05) is 0 Å². The van der Waals surface area contributed by atoms with E-state index in [-0.39, 0.29) is 11.7 Å². The van der Waals surface area contributed by atoms with Crippen LogP contribution in [-0.4, -0.2) is 30.6 Å². The summed E-state index contributed by atoms with van der Waals surface area (Å²) in [7, 11) is -3.43. The van der Waals surface area contributed by atoms with E-state index < -0.39 is 15.9 Å². The number of rotatable bonds is 6. The fourth-order valence-electron chi connectivity index (χ4n) is 3.81. The van der Waals surface area contributed by atoms with Crippen molar-refractivity contribution in [1.82, 2.24) is 0 Å². The molecule has 0 radical (unpaired) electrons. The van der Waals surface area contributed by atoms with Crippen LogP contribution in [0, 0.1) is 11.8 Å². The second-order valence-electron chi connectivity index (χ2n) is 7.92. The van der Waals surface area contributed by atoms with E-state index in [4.69, 9.17) is 5.21 Å². The molecule has 3 N–H and O–H groups in total. The minimum absolute atomic E-state index is 0.00775. The molecule has 5 nitrogen and oxygen atoms in total. The molecule has 0 spiro atoms. The highest BCUT2D eigenvalue weighted by Crippen LogP contribution is 2.33. The summed E-state index contributed by atoms with van der Waals surface area (Å²) in [5.41, 5.74) is 5.18. The van der Waals surface area contributed by atoms with E-state index in [1.165, 1.54) is 0 Å². The van der Waals surface area contributed by atoms with Crippen LogP contribution in [0.1, 0.15) is 38.7 Å². The first kappa shape index (κ1) is 20.8. The molecule has 0 fully saturated rings. The summed E-state index contributed by atoms with van der Waals surface area (Å²) < 4.78 is 25.9. The predicted molar refractivity (Wildman–Crippen MR) is 111 cm³/mol. The Kier molecular flexibility index (Phi) is 6.43. The second-order valence-corrected chi connectivity index (χ2v) is 9.92. The molecule has 0 aliphatic carbocycles. The number of hydrogen-bond donors (Lipinski definition) is 3. The molecule has 0 saturated carbocycles. The number of benzene rings is 2. The van der Waals surface area contributed by atoms with Crippen LogP contribution in [0.5, 0.6) is 0 Å². The van der Waals surface area contributed by atoms with Gasteiger partial charge < -0.3 is 5.11 Å². The summed E-state index contributed by atoms with van der Waals surface area (Å²) in [6, 6.07) is 12.6. The molecular formula is C22H29NO4S. The van der Waals surface area contributed by atoms with E-state index >= 15 is 0 Å². The van der Waals surface area contributed by atoms with Gasteiger partial charge in [0.15, 0.2) is 9.84 Å². The third-order valence-electron chi connectivity index (χ3n) is 5.88. The van der Waals surface area contributed by atoms with Gasteiger partial charge in [0.25, 0.3) is 0 Å². The van der Waals surface area contributed by atoms with Gasteiger partial charge in [-0.15, -0.1) is 0 Å². The fraction of sp³-hybridized carbons (Fsp3) is 0.455. The first-order valence-electron chi connectivity index (χ1n) is 9.88. The van der Waals surface area contributed by atoms with Gasteiger partial charge >= 0.3 is 0 Å². The lowest BCUT2D eigenvalue weighted by atomic mass is 9.89. The molecular weight excluding hydrogens is 374 g/mol. The van der Waals surface area contributed by atoms with Crippen molar-refractivity contribution >= 4 is 15.5 Å². The maximum atomic E-state index is 12.9. The number of hydrogen-bond acceptors (Lipinski definition) is 5. The van der Waals surface area contributed by atoms with Gasteiger partial charge in [0.2, 0.25) is 0 Å². The number of fused-ring (bicyclic) bond motifs is 1. The highest BCUT2D eigenvalue weighted by atomic mass is 32.2. The zero-order valence-electron chi connectivity index (χ0n) is 16.4. The van der Waals surface area contributed by atoms with Crippen molar-refractivity contribution in [2.24, 2.45) is 11.8 Å². The Morgan fingerprint density at radius 2 is 1.82 bits per heavy atom. The minimum Gasteiger partial charge on any atom is -0.392 e. The van der Waals surface area contributed by atoms with Crippen molar-refractivity contribution in [3.05, 3.63) is 48.0 Å². The van der Waals surface area contributed by atoms with Gasteiger partial charge in [-0.2, -0.15) is 0 Å². The van der Waals surface area contributed by atoms with Gasteiger partial charge in [-0.1, -0.05) is 44.9 Å². The summed E-state index contributed by atoms with van der Waals surface area (Å²) in [5.74, 6) is 0.307. The largest absolute Gasteiger partial charge is 0.392 e. The Hall–Kier alpha value is -1.89. The van der Waals surface area contributed by atoms with E-state index in [0.717, 1.165) is 30.4 Å². The van der Waals surface area contributed by atoms with Crippen LogP contribution in [0.2, 0.25) is 0 Å². The average molecular weight is 404 g/mol. The lowest BCUT2D eigenvalue weighted by Crippen LogP contribution is -2.27. The number of anilines is 1. The summed E-state index contributed by atoms with van der Waals surface area (Å²) in [6.07, 6.45) is 2.41. The molecule has 6 heteroatoms. The first-order valence-corrected chi connectivity index (χ1v) is 11.5. The predicted octanol–water partition coefficient (Wildman–Crippen LogP) is 4.29. The van der Waals surface area contributed by atoms with Crippen LogP contribution in [0.4, 0.5) is 5.69 Å². The van der Waals surface area contributed by atoms with E-state index in [1.54, 1.807) is 18.2 Å². The quantitative estimate of drug-likeness (QED) is 0.627. The van der Waals surface area contributed by atoms with Crippen LogP contribution < -0.4 is 5.48 Å². The molecule has 0 aromatic heterocycles. The zero-order valence-corrected chi connectivity index (χ0v) is 17.2. The van der Waals surface area contributed by atoms with E-state index in [9.17, 15) is 13.5 Å². The minimum atomic E-state index is -3.43. The van der Waals surface area contributed by atoms with Crippen LogP contribution in [0.15, 0.2) is 47.4 Å². The Balaban J connectivity index is 1.89. The molecule has 152 valence electrons. The molecule has 28 heavy (non-hydrogen) atoms. The van der Waals surface area contributed by atoms with E-state index in [0.29, 0.717) is 28.5 Å². The van der Waals surface area contributed by atoms with Crippen molar-refractivity contribution < 1.29 is 18.7 Å². The van der Waals surface area contributed by atoms with Crippen LogP contribution in [0.25, 0.3) is 11.1 Å². The summed E-state index contributed by atoms with van der Waals surface area (Å²) in [6.45, 7) is 4.29. The summed E-state index contributed by atoms with van der Waals surface area (Å²) in [5, 5.41) is 19.7. The van der Waals surface area contributed by atoms with Crippen molar-refractivity contribution in [3.63, 3.8) is 0 Å². The Morgan fingerprint density at radius 3 is 2.46 bits per heavy atom. The van der Waals surface area contributed by atoms with Crippen molar-refractivity contribution in [1.29, 1.82) is 0 Å². The van der Waals surface area contributed by atoms with Crippen molar-refractivity contribution in [2.75, 3.05) is 11.2 Å². The average Bonchev–Trinajstić information content (AvgIpc) is 2.79. The highest BCUT2D eigenvalue weighted by molar-refractivity contribution is 7.91. The van der Waals surface area contributed by atoms with Crippen LogP contribution in [0.3, 0.4) is 0 Å². The molecule has 2 aromatic rings. The fourth-order valence-corrected chi connectivity index (χ4v) is 5.76.